The molecule has 0 atom stereocenters. The molecule has 0 bridgehead atoms. The van der Waals surface area contributed by atoms with Crippen molar-refractivity contribution >= 4 is 11.9 Å². The predicted octanol–water partition coefficient (Wildman–Crippen LogP) is 8.21. The van der Waals surface area contributed by atoms with E-state index in [1.165, 1.54) is 89.9 Å². The summed E-state index contributed by atoms with van der Waals surface area (Å²) in [6.07, 6.45) is 23.5. The maximum Gasteiger partial charge on any atom is 0.306 e. The summed E-state index contributed by atoms with van der Waals surface area (Å²) in [6, 6.07) is 0. The second-order valence-corrected chi connectivity index (χ2v) is 9.84. The van der Waals surface area contributed by atoms with Crippen molar-refractivity contribution in [3.05, 3.63) is 0 Å². The van der Waals surface area contributed by atoms with Gasteiger partial charge in [-0.05, 0) is 33.6 Å². The number of rotatable bonds is 21. The molecular weight excluding hydrogens is 376 g/mol. The Morgan fingerprint density at radius 1 is 0.533 bits per heavy atom. The Kier molecular flexibility index (Phi) is 19.2. The summed E-state index contributed by atoms with van der Waals surface area (Å²) >= 11 is 0. The number of esters is 1. The molecule has 0 fully saturated rings. The Hall–Kier alpha value is -1.06. The van der Waals surface area contributed by atoms with E-state index in [0.29, 0.717) is 12.8 Å². The monoisotopic (exact) mass is 426 g/mol. The van der Waals surface area contributed by atoms with Gasteiger partial charge in [-0.1, -0.05) is 103 Å². The van der Waals surface area contributed by atoms with Crippen LogP contribution >= 0.6 is 0 Å². The fourth-order valence-electron chi connectivity index (χ4n) is 3.77. The molecule has 0 saturated heterocycles. The zero-order chi connectivity index (χ0) is 22.5. The van der Waals surface area contributed by atoms with Crippen molar-refractivity contribution in [2.75, 3.05) is 0 Å². The van der Waals surface area contributed by atoms with Crippen molar-refractivity contribution in [2.24, 2.45) is 0 Å². The molecule has 0 aromatic heterocycles. The number of hydrogen-bond acceptors (Lipinski definition) is 3. The molecule has 0 aliphatic rings. The van der Waals surface area contributed by atoms with Gasteiger partial charge in [0.15, 0.2) is 0 Å². The van der Waals surface area contributed by atoms with Gasteiger partial charge < -0.3 is 9.84 Å². The van der Waals surface area contributed by atoms with Crippen LogP contribution in [0.5, 0.6) is 0 Å². The number of unbranched alkanes of at least 4 members (excludes halogenated alkanes) is 17. The van der Waals surface area contributed by atoms with Crippen molar-refractivity contribution in [2.45, 2.75) is 155 Å². The molecule has 0 spiro atoms. The fourth-order valence-corrected chi connectivity index (χ4v) is 3.77. The van der Waals surface area contributed by atoms with Crippen LogP contribution in [0.15, 0.2) is 0 Å². The van der Waals surface area contributed by atoms with Crippen LogP contribution in [0, 0.1) is 0 Å². The normalized spacial score (nSPS) is 11.6. The maximum absolute atomic E-state index is 11.6. The van der Waals surface area contributed by atoms with Crippen LogP contribution in [0.3, 0.4) is 0 Å². The topological polar surface area (TPSA) is 63.6 Å². The van der Waals surface area contributed by atoms with E-state index in [9.17, 15) is 9.59 Å². The molecular formula is C26H50O4. The second kappa shape index (κ2) is 19.9. The number of hydrogen-bond donors (Lipinski definition) is 1. The Balaban J connectivity index is 3.13. The molecule has 0 saturated carbocycles. The molecule has 1 N–H and O–H groups in total. The van der Waals surface area contributed by atoms with Gasteiger partial charge >= 0.3 is 11.9 Å². The highest BCUT2D eigenvalue weighted by molar-refractivity contribution is 5.69. The largest absolute Gasteiger partial charge is 0.481 e. The van der Waals surface area contributed by atoms with Gasteiger partial charge in [-0.2, -0.15) is 0 Å². The van der Waals surface area contributed by atoms with Gasteiger partial charge in [-0.25, -0.2) is 0 Å². The van der Waals surface area contributed by atoms with Crippen molar-refractivity contribution in [1.82, 2.24) is 0 Å². The number of ether oxygens (including phenoxy) is 1. The van der Waals surface area contributed by atoms with Gasteiger partial charge in [-0.3, -0.25) is 9.59 Å². The highest BCUT2D eigenvalue weighted by Gasteiger charge is 2.15. The lowest BCUT2D eigenvalue weighted by Gasteiger charge is -2.19. The number of aliphatic carboxylic acids is 1. The molecule has 0 amide bonds. The summed E-state index contributed by atoms with van der Waals surface area (Å²) in [7, 11) is 0. The van der Waals surface area contributed by atoms with Crippen LogP contribution in [-0.4, -0.2) is 22.6 Å². The van der Waals surface area contributed by atoms with Crippen LogP contribution < -0.4 is 0 Å². The van der Waals surface area contributed by atoms with Gasteiger partial charge in [0.2, 0.25) is 0 Å². The molecule has 4 heteroatoms. The molecule has 0 heterocycles. The van der Waals surface area contributed by atoms with Crippen LogP contribution in [0.1, 0.15) is 149 Å². The van der Waals surface area contributed by atoms with Gasteiger partial charge in [0.1, 0.15) is 5.60 Å². The third-order valence-electron chi connectivity index (χ3n) is 5.44. The summed E-state index contributed by atoms with van der Waals surface area (Å²) in [6.45, 7) is 5.76. The van der Waals surface area contributed by atoms with Gasteiger partial charge in [0.25, 0.3) is 0 Å². The van der Waals surface area contributed by atoms with E-state index in [0.717, 1.165) is 25.7 Å². The summed E-state index contributed by atoms with van der Waals surface area (Å²) < 4.78 is 5.33. The van der Waals surface area contributed by atoms with Gasteiger partial charge in [0, 0.05) is 12.8 Å². The maximum atomic E-state index is 11.6. The van der Waals surface area contributed by atoms with E-state index >= 15 is 0 Å². The van der Waals surface area contributed by atoms with Crippen LogP contribution in [0.2, 0.25) is 0 Å². The Morgan fingerprint density at radius 3 is 1.07 bits per heavy atom. The third kappa shape index (κ3) is 25.0. The van der Waals surface area contributed by atoms with E-state index in [-0.39, 0.29) is 11.6 Å². The zero-order valence-corrected chi connectivity index (χ0v) is 20.3. The first-order chi connectivity index (χ1) is 14.3. The third-order valence-corrected chi connectivity index (χ3v) is 5.44. The summed E-state index contributed by atoms with van der Waals surface area (Å²) in [5.74, 6) is -0.724. The van der Waals surface area contributed by atoms with E-state index < -0.39 is 5.97 Å². The molecule has 178 valence electrons. The molecule has 0 aromatic rings. The van der Waals surface area contributed by atoms with Crippen LogP contribution in [0.4, 0.5) is 0 Å². The van der Waals surface area contributed by atoms with Crippen LogP contribution in [0.25, 0.3) is 0 Å². The van der Waals surface area contributed by atoms with E-state index in [1.54, 1.807) is 0 Å². The SMILES string of the molecule is CC(C)(C)OC(=O)CCCCCCCCCCCCCCCCCCCCC(=O)O. The molecule has 0 aliphatic heterocycles. The smallest absolute Gasteiger partial charge is 0.306 e. The average Bonchev–Trinajstić information content (AvgIpc) is 2.64. The molecule has 0 unspecified atom stereocenters. The zero-order valence-electron chi connectivity index (χ0n) is 20.3. The fraction of sp³-hybridized carbons (Fsp3) is 0.923. The van der Waals surface area contributed by atoms with Gasteiger partial charge in [0.05, 0.1) is 0 Å². The Morgan fingerprint density at radius 2 is 0.800 bits per heavy atom. The summed E-state index contributed by atoms with van der Waals surface area (Å²) in [5.41, 5.74) is -0.359. The molecule has 30 heavy (non-hydrogen) atoms. The summed E-state index contributed by atoms with van der Waals surface area (Å²) in [5, 5.41) is 8.59. The predicted molar refractivity (Wildman–Crippen MR) is 126 cm³/mol. The van der Waals surface area contributed by atoms with Crippen LogP contribution in [-0.2, 0) is 14.3 Å². The first-order valence-corrected chi connectivity index (χ1v) is 12.7. The first-order valence-electron chi connectivity index (χ1n) is 12.7. The number of carbonyl (C=O) groups excluding carboxylic acids is 1. The van der Waals surface area contributed by atoms with Crippen molar-refractivity contribution in [3.63, 3.8) is 0 Å². The van der Waals surface area contributed by atoms with E-state index in [2.05, 4.69) is 0 Å². The first kappa shape index (κ1) is 28.9. The number of carboxylic acids is 1. The minimum Gasteiger partial charge on any atom is -0.481 e. The molecule has 0 radical (unpaired) electrons. The lowest BCUT2D eigenvalue weighted by atomic mass is 10.0. The molecule has 0 aromatic carbocycles. The molecule has 4 nitrogen and oxygen atoms in total. The number of carbonyl (C=O) groups is 2. The summed E-state index contributed by atoms with van der Waals surface area (Å²) in [4.78, 5) is 22.0. The average molecular weight is 427 g/mol. The Bertz CT molecular complexity index is 412. The minimum absolute atomic E-state index is 0.0597. The Labute approximate surface area is 186 Å². The minimum atomic E-state index is -0.665. The second-order valence-electron chi connectivity index (χ2n) is 9.84. The van der Waals surface area contributed by atoms with Crippen molar-refractivity contribution < 1.29 is 19.4 Å². The van der Waals surface area contributed by atoms with Crippen molar-refractivity contribution in [1.29, 1.82) is 0 Å². The van der Waals surface area contributed by atoms with Gasteiger partial charge in [-0.15, -0.1) is 0 Å². The highest BCUT2D eigenvalue weighted by atomic mass is 16.6. The van der Waals surface area contributed by atoms with Crippen molar-refractivity contribution in [3.8, 4) is 0 Å². The van der Waals surface area contributed by atoms with E-state index in [4.69, 9.17) is 9.84 Å². The quantitative estimate of drug-likeness (QED) is 0.148. The lowest BCUT2D eigenvalue weighted by molar-refractivity contribution is -0.155. The molecule has 0 rings (SSSR count). The standard InChI is InChI=1S/C26H50O4/c1-26(2,3)30-25(29)23-21-19-17-15-13-11-9-7-5-4-6-8-10-12-14-16-18-20-22-24(27)28/h4-23H2,1-3H3,(H,27,28). The highest BCUT2D eigenvalue weighted by Crippen LogP contribution is 2.15. The molecule has 0 aliphatic carbocycles. The van der Waals surface area contributed by atoms with E-state index in [1.807, 2.05) is 20.8 Å². The lowest BCUT2D eigenvalue weighted by Crippen LogP contribution is -2.23. The number of carboxylic acid groups (broad SMARTS) is 1.